The predicted molar refractivity (Wildman–Crippen MR) is 89.2 cm³/mol. The van der Waals surface area contributed by atoms with E-state index in [1.807, 2.05) is 18.2 Å². The Labute approximate surface area is 141 Å². The molecule has 2 aromatic rings. The molecule has 0 amide bonds. The number of benzene rings is 2. The zero-order chi connectivity index (χ0) is 15.9. The Kier molecular flexibility index (Phi) is 3.64. The highest BCUT2D eigenvalue weighted by molar-refractivity contribution is 5.22. The highest BCUT2D eigenvalue weighted by atomic mass is 16.7. The standard InChI is InChI=1S/C20H21NO3/c1-3-7-14(8-4-1)11-21-17-16-13-23-20(24-16)19(18(17)21)22-12-15-9-5-2-6-10-15/h1-10,16-20H,11-13H2/t16-,17-,18-,19-,20-,21?/m1/s1. The summed E-state index contributed by atoms with van der Waals surface area (Å²) in [5.41, 5.74) is 2.52. The molecule has 5 rings (SSSR count). The fourth-order valence-corrected chi connectivity index (χ4v) is 4.04. The van der Waals surface area contributed by atoms with Crippen molar-refractivity contribution < 1.29 is 14.2 Å². The quantitative estimate of drug-likeness (QED) is 0.792. The summed E-state index contributed by atoms with van der Waals surface area (Å²) in [6.07, 6.45) is -0.0429. The molecule has 6 atom stereocenters. The fraction of sp³-hybridized carbons (Fsp3) is 0.400. The van der Waals surface area contributed by atoms with E-state index in [4.69, 9.17) is 14.2 Å². The second-order valence-electron chi connectivity index (χ2n) is 6.78. The van der Waals surface area contributed by atoms with E-state index < -0.39 is 0 Å². The number of rotatable bonds is 5. The molecule has 124 valence electrons. The fourth-order valence-electron chi connectivity index (χ4n) is 4.04. The van der Waals surface area contributed by atoms with Crippen LogP contribution in [0.15, 0.2) is 60.7 Å². The molecule has 3 fully saturated rings. The lowest BCUT2D eigenvalue weighted by Crippen LogP contribution is -2.41. The molecule has 24 heavy (non-hydrogen) atoms. The zero-order valence-electron chi connectivity index (χ0n) is 13.5. The van der Waals surface area contributed by atoms with Crippen LogP contribution in [0, 0.1) is 0 Å². The van der Waals surface area contributed by atoms with Gasteiger partial charge in [-0.05, 0) is 11.1 Å². The molecule has 2 aromatic carbocycles. The van der Waals surface area contributed by atoms with Crippen LogP contribution in [0.25, 0.3) is 0 Å². The molecule has 0 spiro atoms. The van der Waals surface area contributed by atoms with Crippen LogP contribution in [-0.2, 0) is 27.4 Å². The predicted octanol–water partition coefficient (Wildman–Crippen LogP) is 2.58. The molecular weight excluding hydrogens is 302 g/mol. The number of ether oxygens (including phenoxy) is 3. The van der Waals surface area contributed by atoms with E-state index >= 15 is 0 Å². The Balaban J connectivity index is 1.30. The van der Waals surface area contributed by atoms with E-state index in [1.54, 1.807) is 0 Å². The lowest BCUT2D eigenvalue weighted by molar-refractivity contribution is -0.168. The first kappa shape index (κ1) is 14.6. The van der Waals surface area contributed by atoms with Crippen molar-refractivity contribution in [3.8, 4) is 0 Å². The van der Waals surface area contributed by atoms with Gasteiger partial charge in [0.25, 0.3) is 0 Å². The SMILES string of the molecule is c1ccc(CO[C@H]2[C@@H]3OC[C@@H](O3)[C@@H]3[C@H]2N3Cc2ccccc2)cc1. The maximum absolute atomic E-state index is 6.23. The molecule has 0 N–H and O–H groups in total. The van der Waals surface area contributed by atoms with E-state index in [1.165, 1.54) is 11.1 Å². The molecule has 0 saturated carbocycles. The van der Waals surface area contributed by atoms with Gasteiger partial charge >= 0.3 is 0 Å². The van der Waals surface area contributed by atoms with Crippen molar-refractivity contribution in [1.29, 1.82) is 0 Å². The van der Waals surface area contributed by atoms with E-state index in [0.29, 0.717) is 25.3 Å². The third-order valence-corrected chi connectivity index (χ3v) is 5.24. The summed E-state index contributed by atoms with van der Waals surface area (Å²) in [5.74, 6) is 0. The Morgan fingerprint density at radius 2 is 1.62 bits per heavy atom. The van der Waals surface area contributed by atoms with Crippen LogP contribution in [0.3, 0.4) is 0 Å². The minimum atomic E-state index is -0.222. The van der Waals surface area contributed by atoms with Gasteiger partial charge in [-0.1, -0.05) is 60.7 Å². The number of nitrogens with zero attached hydrogens (tertiary/aromatic N) is 1. The van der Waals surface area contributed by atoms with Gasteiger partial charge in [-0.15, -0.1) is 0 Å². The first-order valence-electron chi connectivity index (χ1n) is 8.62. The molecular formula is C20H21NO3. The second-order valence-corrected chi connectivity index (χ2v) is 6.78. The van der Waals surface area contributed by atoms with Gasteiger partial charge in [0.2, 0.25) is 0 Å². The zero-order valence-corrected chi connectivity index (χ0v) is 13.5. The Hall–Kier alpha value is -1.72. The summed E-state index contributed by atoms with van der Waals surface area (Å²) in [4.78, 5) is 2.50. The summed E-state index contributed by atoms with van der Waals surface area (Å²) in [7, 11) is 0. The first-order valence-corrected chi connectivity index (χ1v) is 8.62. The summed E-state index contributed by atoms with van der Waals surface area (Å²) in [6.45, 7) is 2.23. The van der Waals surface area contributed by atoms with Gasteiger partial charge in [0.1, 0.15) is 12.2 Å². The average molecular weight is 323 g/mol. The van der Waals surface area contributed by atoms with Crippen molar-refractivity contribution in [3.05, 3.63) is 71.8 Å². The molecule has 3 saturated heterocycles. The topological polar surface area (TPSA) is 30.7 Å². The molecule has 2 bridgehead atoms. The molecule has 0 aliphatic carbocycles. The third kappa shape index (κ3) is 2.56. The Morgan fingerprint density at radius 1 is 0.917 bits per heavy atom. The maximum atomic E-state index is 6.23. The third-order valence-electron chi connectivity index (χ3n) is 5.24. The van der Waals surface area contributed by atoms with Crippen LogP contribution in [0.2, 0.25) is 0 Å². The lowest BCUT2D eigenvalue weighted by Gasteiger charge is -2.26. The summed E-state index contributed by atoms with van der Waals surface area (Å²) in [5, 5.41) is 0. The van der Waals surface area contributed by atoms with E-state index in [2.05, 4.69) is 47.4 Å². The summed E-state index contributed by atoms with van der Waals surface area (Å²) in [6, 6.07) is 21.7. The van der Waals surface area contributed by atoms with E-state index in [9.17, 15) is 0 Å². The minimum Gasteiger partial charge on any atom is -0.367 e. The molecule has 3 aliphatic rings. The lowest BCUT2D eigenvalue weighted by atomic mass is 10.1. The number of fused-ring (bicyclic) bond motifs is 4. The van der Waals surface area contributed by atoms with Crippen LogP contribution in [0.4, 0.5) is 0 Å². The highest BCUT2D eigenvalue weighted by Crippen LogP contribution is 2.46. The van der Waals surface area contributed by atoms with E-state index in [0.717, 1.165) is 6.54 Å². The van der Waals surface area contributed by atoms with Gasteiger partial charge in [-0.3, -0.25) is 4.90 Å². The molecule has 3 heterocycles. The smallest absolute Gasteiger partial charge is 0.185 e. The second kappa shape index (κ2) is 5.97. The molecule has 0 radical (unpaired) electrons. The van der Waals surface area contributed by atoms with Gasteiger partial charge in [0.05, 0.1) is 25.3 Å². The molecule has 3 aliphatic heterocycles. The largest absolute Gasteiger partial charge is 0.367 e. The van der Waals surface area contributed by atoms with Crippen molar-refractivity contribution in [3.63, 3.8) is 0 Å². The molecule has 4 nitrogen and oxygen atoms in total. The van der Waals surface area contributed by atoms with Crippen LogP contribution < -0.4 is 0 Å². The highest BCUT2D eigenvalue weighted by Gasteiger charge is 2.65. The van der Waals surface area contributed by atoms with Gasteiger partial charge in [0.15, 0.2) is 6.29 Å². The summed E-state index contributed by atoms with van der Waals surface area (Å²) >= 11 is 0. The van der Waals surface area contributed by atoms with Crippen molar-refractivity contribution >= 4 is 0 Å². The van der Waals surface area contributed by atoms with Crippen molar-refractivity contribution in [2.45, 2.75) is 43.7 Å². The van der Waals surface area contributed by atoms with Gasteiger partial charge in [-0.2, -0.15) is 0 Å². The normalized spacial score (nSPS) is 36.3. The van der Waals surface area contributed by atoms with Gasteiger partial charge in [0, 0.05) is 6.54 Å². The summed E-state index contributed by atoms with van der Waals surface area (Å²) < 4.78 is 18.1. The van der Waals surface area contributed by atoms with Crippen molar-refractivity contribution in [1.82, 2.24) is 4.90 Å². The number of hydrogen-bond acceptors (Lipinski definition) is 4. The van der Waals surface area contributed by atoms with Gasteiger partial charge in [-0.25, -0.2) is 0 Å². The van der Waals surface area contributed by atoms with Gasteiger partial charge < -0.3 is 14.2 Å². The van der Waals surface area contributed by atoms with Crippen molar-refractivity contribution in [2.24, 2.45) is 0 Å². The van der Waals surface area contributed by atoms with Crippen LogP contribution in [-0.4, -0.2) is 42.1 Å². The Bertz CT molecular complexity index is 693. The molecule has 4 heteroatoms. The monoisotopic (exact) mass is 323 g/mol. The first-order chi connectivity index (χ1) is 11.9. The van der Waals surface area contributed by atoms with Crippen molar-refractivity contribution in [2.75, 3.05) is 6.61 Å². The molecule has 1 unspecified atom stereocenters. The Morgan fingerprint density at radius 3 is 2.38 bits per heavy atom. The van der Waals surface area contributed by atoms with Crippen LogP contribution in [0.5, 0.6) is 0 Å². The maximum Gasteiger partial charge on any atom is 0.185 e. The van der Waals surface area contributed by atoms with E-state index in [-0.39, 0.29) is 18.5 Å². The van der Waals surface area contributed by atoms with Crippen LogP contribution in [0.1, 0.15) is 11.1 Å². The average Bonchev–Trinajstić information content (AvgIpc) is 3.18. The van der Waals surface area contributed by atoms with Crippen LogP contribution >= 0.6 is 0 Å². The molecule has 0 aromatic heterocycles. The number of hydrogen-bond donors (Lipinski definition) is 0. The minimum absolute atomic E-state index is 0.0160.